The van der Waals surface area contributed by atoms with Crippen molar-refractivity contribution in [1.29, 1.82) is 0 Å². The van der Waals surface area contributed by atoms with E-state index in [4.69, 9.17) is 15.0 Å². The first kappa shape index (κ1) is 22.2. The Labute approximate surface area is 235 Å². The smallest absolute Gasteiger partial charge is 0.148 e. The van der Waals surface area contributed by atoms with Crippen molar-refractivity contribution in [3.8, 4) is 22.5 Å². The highest BCUT2D eigenvalue weighted by Gasteiger charge is 2.17. The number of pyridine rings is 3. The topological polar surface area (TPSA) is 43.1 Å². The molecule has 0 N–H and O–H groups in total. The molecule has 4 heteroatoms. The lowest BCUT2D eigenvalue weighted by molar-refractivity contribution is 1.30. The van der Waals surface area contributed by atoms with Gasteiger partial charge in [-0.05, 0) is 58.6 Å². The molecule has 0 amide bonds. The van der Waals surface area contributed by atoms with Crippen molar-refractivity contribution >= 4 is 60.0 Å². The minimum absolute atomic E-state index is 0.924. The summed E-state index contributed by atoms with van der Waals surface area (Å²) in [6, 6.07) is 44.7. The fourth-order valence-electron chi connectivity index (χ4n) is 6.24. The maximum Gasteiger partial charge on any atom is 0.148 e. The van der Waals surface area contributed by atoms with E-state index in [1.165, 1.54) is 10.8 Å². The molecule has 9 aromatic rings. The van der Waals surface area contributed by atoms with Gasteiger partial charge in [0, 0.05) is 28.1 Å². The lowest BCUT2D eigenvalue weighted by Gasteiger charge is -2.13. The Morgan fingerprint density at radius 3 is 2.15 bits per heavy atom. The van der Waals surface area contributed by atoms with E-state index in [1.807, 2.05) is 18.3 Å². The first-order chi connectivity index (χ1) is 20.3. The van der Waals surface area contributed by atoms with Crippen LogP contribution in [-0.4, -0.2) is 19.4 Å². The largest absolute Gasteiger partial charge is 0.292 e. The molecule has 9 rings (SSSR count). The molecule has 0 saturated carbocycles. The third-order valence-electron chi connectivity index (χ3n) is 8.18. The van der Waals surface area contributed by atoms with E-state index in [9.17, 15) is 0 Å². The number of imidazole rings is 1. The van der Waals surface area contributed by atoms with Gasteiger partial charge in [0.15, 0.2) is 0 Å². The minimum Gasteiger partial charge on any atom is -0.292 e. The zero-order valence-electron chi connectivity index (χ0n) is 22.0. The Morgan fingerprint density at radius 2 is 1.22 bits per heavy atom. The van der Waals surface area contributed by atoms with E-state index >= 15 is 0 Å². The number of hydrogen-bond donors (Lipinski definition) is 0. The van der Waals surface area contributed by atoms with Crippen LogP contribution in [0.1, 0.15) is 0 Å². The van der Waals surface area contributed by atoms with Gasteiger partial charge in [0.1, 0.15) is 5.65 Å². The standard InChI is InChI=1S/C37H22N4/c1-2-8-25-21-26(15-14-23(25)7-1)30-11-5-12-31(39-30)27-17-18-28-29-19-16-24-9-6-20-38-36(24)35(29)37-40-32-10-3-4-13-33(32)41(37)34(28)22-27/h1-22H. The van der Waals surface area contributed by atoms with Crippen molar-refractivity contribution in [3.05, 3.63) is 134 Å². The number of nitrogens with zero attached hydrogens (tertiary/aromatic N) is 4. The highest BCUT2D eigenvalue weighted by Crippen LogP contribution is 2.37. The summed E-state index contributed by atoms with van der Waals surface area (Å²) in [5.41, 5.74) is 9.13. The summed E-state index contributed by atoms with van der Waals surface area (Å²) in [6.07, 6.45) is 1.86. The summed E-state index contributed by atoms with van der Waals surface area (Å²) in [5, 5.41) is 6.95. The van der Waals surface area contributed by atoms with Crippen molar-refractivity contribution in [2.75, 3.05) is 0 Å². The molecule has 4 heterocycles. The number of hydrogen-bond acceptors (Lipinski definition) is 3. The number of benzene rings is 5. The molecule has 0 aliphatic rings. The fraction of sp³-hybridized carbons (Fsp3) is 0. The van der Waals surface area contributed by atoms with Gasteiger partial charge in [0.25, 0.3) is 0 Å². The molecule has 4 nitrogen and oxygen atoms in total. The third-order valence-corrected chi connectivity index (χ3v) is 8.18. The second-order valence-electron chi connectivity index (χ2n) is 10.5. The monoisotopic (exact) mass is 522 g/mol. The summed E-state index contributed by atoms with van der Waals surface area (Å²) in [6.45, 7) is 0. The summed E-state index contributed by atoms with van der Waals surface area (Å²) >= 11 is 0. The van der Waals surface area contributed by atoms with E-state index < -0.39 is 0 Å². The van der Waals surface area contributed by atoms with Crippen molar-refractivity contribution in [2.45, 2.75) is 0 Å². The Morgan fingerprint density at radius 1 is 0.488 bits per heavy atom. The Balaban J connectivity index is 1.32. The van der Waals surface area contributed by atoms with Crippen LogP contribution in [0, 0.1) is 0 Å². The normalized spacial score (nSPS) is 11.9. The summed E-state index contributed by atoms with van der Waals surface area (Å²) in [5.74, 6) is 0. The zero-order valence-corrected chi connectivity index (χ0v) is 22.0. The molecule has 0 aliphatic carbocycles. The SMILES string of the molecule is c1cc(-c2ccc3ccccc3c2)nc(-c2ccc3c4ccc5cccnc5c4c4nc5ccccc5n4c3c2)c1. The third kappa shape index (κ3) is 3.31. The molecular weight excluding hydrogens is 500 g/mol. The average Bonchev–Trinajstić information content (AvgIpc) is 3.44. The first-order valence-corrected chi connectivity index (χ1v) is 13.8. The van der Waals surface area contributed by atoms with Crippen LogP contribution in [0.25, 0.3) is 82.5 Å². The van der Waals surface area contributed by atoms with E-state index in [1.54, 1.807) is 0 Å². The van der Waals surface area contributed by atoms with Crippen LogP contribution < -0.4 is 0 Å². The van der Waals surface area contributed by atoms with Crippen molar-refractivity contribution < 1.29 is 0 Å². The Kier molecular flexibility index (Phi) is 4.58. The summed E-state index contributed by atoms with van der Waals surface area (Å²) < 4.78 is 2.29. The van der Waals surface area contributed by atoms with Crippen LogP contribution in [0.5, 0.6) is 0 Å². The molecule has 0 atom stereocenters. The van der Waals surface area contributed by atoms with Gasteiger partial charge in [-0.3, -0.25) is 9.38 Å². The molecule has 0 aliphatic heterocycles. The van der Waals surface area contributed by atoms with Gasteiger partial charge in [-0.1, -0.05) is 84.9 Å². The van der Waals surface area contributed by atoms with Crippen LogP contribution >= 0.6 is 0 Å². The number of aromatic nitrogens is 4. The maximum absolute atomic E-state index is 5.13. The van der Waals surface area contributed by atoms with E-state index in [0.717, 1.165) is 71.8 Å². The molecule has 0 bridgehead atoms. The van der Waals surface area contributed by atoms with Crippen LogP contribution in [0.4, 0.5) is 0 Å². The van der Waals surface area contributed by atoms with Crippen molar-refractivity contribution in [3.63, 3.8) is 0 Å². The van der Waals surface area contributed by atoms with Gasteiger partial charge >= 0.3 is 0 Å². The van der Waals surface area contributed by atoms with E-state index in [2.05, 4.69) is 120 Å². The fourth-order valence-corrected chi connectivity index (χ4v) is 6.24. The number of rotatable bonds is 2. The van der Waals surface area contributed by atoms with Crippen molar-refractivity contribution in [2.24, 2.45) is 0 Å². The lowest BCUT2D eigenvalue weighted by Crippen LogP contribution is -1.95. The predicted molar refractivity (Wildman–Crippen MR) is 169 cm³/mol. The van der Waals surface area contributed by atoms with Crippen LogP contribution in [-0.2, 0) is 0 Å². The number of fused-ring (bicyclic) bond motifs is 11. The van der Waals surface area contributed by atoms with Crippen molar-refractivity contribution in [1.82, 2.24) is 19.4 Å². The molecule has 5 aromatic carbocycles. The molecule has 0 fully saturated rings. The molecule has 0 spiro atoms. The molecule has 0 saturated heterocycles. The van der Waals surface area contributed by atoms with Crippen LogP contribution in [0.15, 0.2) is 134 Å². The van der Waals surface area contributed by atoms with Gasteiger partial charge in [0.05, 0.1) is 38.8 Å². The highest BCUT2D eigenvalue weighted by atomic mass is 15.0. The second-order valence-corrected chi connectivity index (χ2v) is 10.5. The van der Waals surface area contributed by atoms with Gasteiger partial charge < -0.3 is 0 Å². The first-order valence-electron chi connectivity index (χ1n) is 13.8. The maximum atomic E-state index is 5.13. The molecule has 190 valence electrons. The van der Waals surface area contributed by atoms with Crippen LogP contribution in [0.3, 0.4) is 0 Å². The van der Waals surface area contributed by atoms with Gasteiger partial charge in [0.2, 0.25) is 0 Å². The number of para-hydroxylation sites is 2. The minimum atomic E-state index is 0.924. The molecule has 4 aromatic heterocycles. The van der Waals surface area contributed by atoms with Gasteiger partial charge in [-0.25, -0.2) is 9.97 Å². The predicted octanol–water partition coefficient (Wildman–Crippen LogP) is 9.22. The molecule has 0 unspecified atom stereocenters. The van der Waals surface area contributed by atoms with E-state index in [-0.39, 0.29) is 0 Å². The Hall–Kier alpha value is -5.61. The van der Waals surface area contributed by atoms with Gasteiger partial charge in [-0.15, -0.1) is 0 Å². The van der Waals surface area contributed by atoms with Crippen LogP contribution in [0.2, 0.25) is 0 Å². The zero-order chi connectivity index (χ0) is 26.9. The summed E-state index contributed by atoms with van der Waals surface area (Å²) in [7, 11) is 0. The average molecular weight is 523 g/mol. The highest BCUT2D eigenvalue weighted by molar-refractivity contribution is 6.22. The summed E-state index contributed by atoms with van der Waals surface area (Å²) in [4.78, 5) is 15.1. The molecular formula is C37H22N4. The van der Waals surface area contributed by atoms with E-state index in [0.29, 0.717) is 0 Å². The lowest BCUT2D eigenvalue weighted by atomic mass is 10.00. The van der Waals surface area contributed by atoms with Gasteiger partial charge in [-0.2, -0.15) is 0 Å². The molecule has 0 radical (unpaired) electrons. The molecule has 41 heavy (non-hydrogen) atoms. The quantitative estimate of drug-likeness (QED) is 0.213. The second kappa shape index (κ2) is 8.44. The Bertz CT molecular complexity index is 2490.